The minimum atomic E-state index is 0.404. The van der Waals surface area contributed by atoms with Crippen LogP contribution in [-0.2, 0) is 0 Å². The van der Waals surface area contributed by atoms with Crippen molar-refractivity contribution in [2.75, 3.05) is 32.2 Å². The van der Waals surface area contributed by atoms with E-state index >= 15 is 0 Å². The molecule has 5 heteroatoms. The monoisotopic (exact) mass is 312 g/mol. The average Bonchev–Trinajstić information content (AvgIpc) is 2.44. The number of hydrogen-bond acceptors (Lipinski definition) is 4. The van der Waals surface area contributed by atoms with Crippen molar-refractivity contribution in [2.24, 2.45) is 5.73 Å². The second-order valence-electron chi connectivity index (χ2n) is 4.88. The average molecular weight is 313 g/mol. The van der Waals surface area contributed by atoms with Crippen molar-refractivity contribution in [3.05, 3.63) is 29.8 Å². The van der Waals surface area contributed by atoms with Crippen molar-refractivity contribution < 1.29 is 4.74 Å². The fraction of sp³-hybridized carbons (Fsp3) is 0.533. The molecule has 1 aromatic rings. The molecule has 1 atom stereocenters. The van der Waals surface area contributed by atoms with Gasteiger partial charge in [0.05, 0.1) is 6.61 Å². The number of ether oxygens (including phenoxy) is 1. The van der Waals surface area contributed by atoms with Crippen molar-refractivity contribution in [3.8, 4) is 5.75 Å². The Morgan fingerprint density at radius 1 is 1.50 bits per heavy atom. The molecule has 0 amide bonds. The third-order valence-electron chi connectivity index (χ3n) is 3.20. The SMILES string of the molecule is CSCC(C)N(C)CCCOc1cccc(C(N)=S)c1. The lowest BCUT2D eigenvalue weighted by Crippen LogP contribution is -2.32. The summed E-state index contributed by atoms with van der Waals surface area (Å²) in [5.74, 6) is 1.99. The Hall–Kier alpha value is -0.780. The number of thioether (sulfide) groups is 1. The van der Waals surface area contributed by atoms with E-state index < -0.39 is 0 Å². The van der Waals surface area contributed by atoms with E-state index in [2.05, 4.69) is 25.1 Å². The zero-order valence-corrected chi connectivity index (χ0v) is 14.1. The molecule has 0 radical (unpaired) electrons. The molecule has 20 heavy (non-hydrogen) atoms. The molecular weight excluding hydrogens is 288 g/mol. The molecule has 2 N–H and O–H groups in total. The van der Waals surface area contributed by atoms with Crippen LogP contribution in [-0.4, -0.2) is 48.1 Å². The molecule has 0 fully saturated rings. The first kappa shape index (κ1) is 17.3. The van der Waals surface area contributed by atoms with Gasteiger partial charge in [0, 0.05) is 23.9 Å². The molecular formula is C15H24N2OS2. The van der Waals surface area contributed by atoms with Gasteiger partial charge in [-0.25, -0.2) is 0 Å². The highest BCUT2D eigenvalue weighted by Crippen LogP contribution is 2.13. The molecule has 3 nitrogen and oxygen atoms in total. The molecule has 1 aromatic carbocycles. The van der Waals surface area contributed by atoms with Gasteiger partial charge in [-0.15, -0.1) is 0 Å². The first-order chi connectivity index (χ1) is 9.54. The van der Waals surface area contributed by atoms with E-state index in [0.717, 1.165) is 30.0 Å². The number of nitrogens with zero attached hydrogens (tertiary/aromatic N) is 1. The maximum Gasteiger partial charge on any atom is 0.119 e. The first-order valence-electron chi connectivity index (χ1n) is 6.76. The van der Waals surface area contributed by atoms with Gasteiger partial charge in [-0.3, -0.25) is 0 Å². The van der Waals surface area contributed by atoms with Gasteiger partial charge < -0.3 is 15.4 Å². The van der Waals surface area contributed by atoms with Crippen LogP contribution in [0.2, 0.25) is 0 Å². The Morgan fingerprint density at radius 2 is 2.25 bits per heavy atom. The lowest BCUT2D eigenvalue weighted by molar-refractivity contribution is 0.236. The molecule has 1 unspecified atom stereocenters. The third kappa shape index (κ3) is 6.11. The van der Waals surface area contributed by atoms with Crippen LogP contribution >= 0.6 is 24.0 Å². The van der Waals surface area contributed by atoms with Gasteiger partial charge in [0.15, 0.2) is 0 Å². The summed E-state index contributed by atoms with van der Waals surface area (Å²) in [4.78, 5) is 2.77. The second-order valence-corrected chi connectivity index (χ2v) is 6.23. The zero-order valence-electron chi connectivity index (χ0n) is 12.5. The van der Waals surface area contributed by atoms with Crippen LogP contribution in [0.15, 0.2) is 24.3 Å². The number of nitrogens with two attached hydrogens (primary N) is 1. The van der Waals surface area contributed by atoms with Crippen LogP contribution in [0, 0.1) is 0 Å². The fourth-order valence-electron chi connectivity index (χ4n) is 1.83. The van der Waals surface area contributed by atoms with E-state index in [9.17, 15) is 0 Å². The van der Waals surface area contributed by atoms with E-state index in [0.29, 0.717) is 17.6 Å². The molecule has 0 aliphatic carbocycles. The Bertz CT molecular complexity index is 426. The molecule has 0 spiro atoms. The quantitative estimate of drug-likeness (QED) is 0.561. The summed E-state index contributed by atoms with van der Waals surface area (Å²) < 4.78 is 5.74. The van der Waals surface area contributed by atoms with Gasteiger partial charge in [-0.2, -0.15) is 11.8 Å². The molecule has 1 rings (SSSR count). The van der Waals surface area contributed by atoms with E-state index in [1.807, 2.05) is 36.0 Å². The molecule has 0 aromatic heterocycles. The highest BCUT2D eigenvalue weighted by molar-refractivity contribution is 7.98. The number of thiocarbonyl (C=S) groups is 1. The van der Waals surface area contributed by atoms with Crippen molar-refractivity contribution in [2.45, 2.75) is 19.4 Å². The smallest absolute Gasteiger partial charge is 0.119 e. The van der Waals surface area contributed by atoms with Crippen LogP contribution in [0.5, 0.6) is 5.75 Å². The Kier molecular flexibility index (Phi) is 7.95. The molecule has 0 aliphatic rings. The van der Waals surface area contributed by atoms with E-state index in [1.165, 1.54) is 0 Å². The first-order valence-corrected chi connectivity index (χ1v) is 8.56. The van der Waals surface area contributed by atoms with Crippen LogP contribution in [0.25, 0.3) is 0 Å². The normalized spacial score (nSPS) is 12.4. The Labute approximate surface area is 131 Å². The summed E-state index contributed by atoms with van der Waals surface area (Å²) in [6, 6.07) is 8.23. The summed E-state index contributed by atoms with van der Waals surface area (Å²) in [5, 5.41) is 0. The van der Waals surface area contributed by atoms with Crippen LogP contribution in [0.4, 0.5) is 0 Å². The van der Waals surface area contributed by atoms with Gasteiger partial charge in [0.1, 0.15) is 10.7 Å². The summed E-state index contributed by atoms with van der Waals surface area (Å²) in [6.45, 7) is 4.00. The topological polar surface area (TPSA) is 38.5 Å². The third-order valence-corrected chi connectivity index (χ3v) is 4.25. The van der Waals surface area contributed by atoms with Gasteiger partial charge >= 0.3 is 0 Å². The highest BCUT2D eigenvalue weighted by Gasteiger charge is 2.07. The number of rotatable bonds is 9. The van der Waals surface area contributed by atoms with E-state index in [1.54, 1.807) is 0 Å². The maximum atomic E-state index is 5.74. The summed E-state index contributed by atoms with van der Waals surface area (Å²) in [6.07, 6.45) is 3.15. The van der Waals surface area contributed by atoms with Crippen LogP contribution < -0.4 is 10.5 Å². The second kappa shape index (κ2) is 9.21. The summed E-state index contributed by atoms with van der Waals surface area (Å²) in [7, 11) is 2.16. The van der Waals surface area contributed by atoms with Crippen LogP contribution in [0.1, 0.15) is 18.9 Å². The lowest BCUT2D eigenvalue weighted by Gasteiger charge is -2.23. The molecule has 0 bridgehead atoms. The summed E-state index contributed by atoms with van der Waals surface area (Å²) >= 11 is 6.84. The van der Waals surface area contributed by atoms with E-state index in [4.69, 9.17) is 22.7 Å². The zero-order chi connectivity index (χ0) is 15.0. The maximum absolute atomic E-state index is 5.74. The van der Waals surface area contributed by atoms with Gasteiger partial charge in [0.25, 0.3) is 0 Å². The van der Waals surface area contributed by atoms with Crippen LogP contribution in [0.3, 0.4) is 0 Å². The predicted molar refractivity (Wildman–Crippen MR) is 92.9 cm³/mol. The molecule has 0 saturated heterocycles. The van der Waals surface area contributed by atoms with Gasteiger partial charge in [-0.1, -0.05) is 24.4 Å². The standard InChI is InChI=1S/C15H24N2OS2/c1-12(11-20-3)17(2)8-5-9-18-14-7-4-6-13(10-14)15(16)19/h4,6-7,10,12H,5,8-9,11H2,1-3H3,(H2,16,19). The van der Waals surface area contributed by atoms with Crippen molar-refractivity contribution in [3.63, 3.8) is 0 Å². The van der Waals surface area contributed by atoms with Crippen molar-refractivity contribution in [1.82, 2.24) is 4.90 Å². The Balaban J connectivity index is 2.30. The number of benzene rings is 1. The molecule has 0 aliphatic heterocycles. The highest BCUT2D eigenvalue weighted by atomic mass is 32.2. The Morgan fingerprint density at radius 3 is 2.90 bits per heavy atom. The minimum absolute atomic E-state index is 0.404. The van der Waals surface area contributed by atoms with Crippen molar-refractivity contribution in [1.29, 1.82) is 0 Å². The fourth-order valence-corrected chi connectivity index (χ4v) is 2.70. The molecule has 0 saturated carbocycles. The molecule has 0 heterocycles. The minimum Gasteiger partial charge on any atom is -0.494 e. The van der Waals surface area contributed by atoms with Gasteiger partial charge in [-0.05, 0) is 38.8 Å². The van der Waals surface area contributed by atoms with Crippen molar-refractivity contribution >= 4 is 29.0 Å². The van der Waals surface area contributed by atoms with E-state index in [-0.39, 0.29) is 0 Å². The number of hydrogen-bond donors (Lipinski definition) is 1. The summed E-state index contributed by atoms with van der Waals surface area (Å²) in [5.41, 5.74) is 6.46. The molecule has 112 valence electrons. The largest absolute Gasteiger partial charge is 0.494 e. The predicted octanol–water partition coefficient (Wildman–Crippen LogP) is 2.77. The lowest BCUT2D eigenvalue weighted by atomic mass is 10.2. The van der Waals surface area contributed by atoms with Gasteiger partial charge in [0.2, 0.25) is 0 Å².